The van der Waals surface area contributed by atoms with Crippen molar-refractivity contribution in [1.29, 1.82) is 0 Å². The molecule has 0 fully saturated rings. The molecule has 1 amide bonds. The average Bonchev–Trinajstić information content (AvgIpc) is 2.75. The van der Waals surface area contributed by atoms with Crippen molar-refractivity contribution in [3.05, 3.63) is 44.6 Å². The molecule has 2 aromatic rings. The summed E-state index contributed by atoms with van der Waals surface area (Å²) in [5, 5.41) is 6.08. The molecule has 2 rings (SSSR count). The normalized spacial score (nSPS) is 11.2. The molecular weight excluding hydrogens is 376 g/mol. The van der Waals surface area contributed by atoms with E-state index in [9.17, 15) is 4.79 Å². The van der Waals surface area contributed by atoms with Crippen LogP contribution in [0.3, 0.4) is 0 Å². The molecule has 0 saturated carbocycles. The van der Waals surface area contributed by atoms with Gasteiger partial charge in [-0.15, -0.1) is 11.3 Å². The number of ether oxygens (including phenoxy) is 1. The fourth-order valence-corrected chi connectivity index (χ4v) is 3.43. The number of halogens is 1. The number of thiophene rings is 1. The zero-order valence-corrected chi connectivity index (χ0v) is 16.1. The SMILES string of the molecule is Cc1sc(CNc2ccc(NC(=O)OC(C)(C)C)cc2)cc1Br. The van der Waals surface area contributed by atoms with Crippen LogP contribution in [0, 0.1) is 6.92 Å². The highest BCUT2D eigenvalue weighted by Gasteiger charge is 2.16. The Kier molecular flexibility index (Phi) is 5.70. The predicted octanol–water partition coefficient (Wildman–Crippen LogP) is 5.78. The molecule has 1 aromatic carbocycles. The lowest BCUT2D eigenvalue weighted by atomic mass is 10.2. The maximum Gasteiger partial charge on any atom is 0.412 e. The summed E-state index contributed by atoms with van der Waals surface area (Å²) >= 11 is 5.29. The topological polar surface area (TPSA) is 50.4 Å². The Balaban J connectivity index is 1.88. The number of hydrogen-bond acceptors (Lipinski definition) is 4. The first kappa shape index (κ1) is 17.8. The van der Waals surface area contributed by atoms with Crippen molar-refractivity contribution in [3.8, 4) is 0 Å². The first-order valence-corrected chi connectivity index (χ1v) is 8.92. The highest BCUT2D eigenvalue weighted by molar-refractivity contribution is 9.10. The lowest BCUT2D eigenvalue weighted by Gasteiger charge is -2.19. The van der Waals surface area contributed by atoms with Crippen LogP contribution in [-0.2, 0) is 11.3 Å². The number of rotatable bonds is 4. The second kappa shape index (κ2) is 7.36. The summed E-state index contributed by atoms with van der Waals surface area (Å²) in [6, 6.07) is 9.69. The minimum Gasteiger partial charge on any atom is -0.444 e. The van der Waals surface area contributed by atoms with Crippen molar-refractivity contribution in [1.82, 2.24) is 0 Å². The summed E-state index contributed by atoms with van der Waals surface area (Å²) < 4.78 is 6.37. The molecule has 0 saturated heterocycles. The molecule has 4 nitrogen and oxygen atoms in total. The average molecular weight is 397 g/mol. The highest BCUT2D eigenvalue weighted by Crippen LogP contribution is 2.27. The van der Waals surface area contributed by atoms with Gasteiger partial charge in [-0.2, -0.15) is 0 Å². The first-order valence-electron chi connectivity index (χ1n) is 7.32. The lowest BCUT2D eigenvalue weighted by Crippen LogP contribution is -2.27. The Hall–Kier alpha value is -1.53. The summed E-state index contributed by atoms with van der Waals surface area (Å²) in [6.45, 7) is 8.38. The molecular formula is C17H21BrN2O2S. The quantitative estimate of drug-likeness (QED) is 0.688. The predicted molar refractivity (Wildman–Crippen MR) is 100 cm³/mol. The Morgan fingerprint density at radius 3 is 2.35 bits per heavy atom. The molecule has 0 radical (unpaired) electrons. The van der Waals surface area contributed by atoms with Gasteiger partial charge in [-0.25, -0.2) is 4.79 Å². The third-order valence-electron chi connectivity index (χ3n) is 2.91. The molecule has 124 valence electrons. The largest absolute Gasteiger partial charge is 0.444 e. The van der Waals surface area contributed by atoms with Gasteiger partial charge in [0.15, 0.2) is 0 Å². The van der Waals surface area contributed by atoms with E-state index in [0.717, 1.165) is 16.7 Å². The highest BCUT2D eigenvalue weighted by atomic mass is 79.9. The molecule has 1 aromatic heterocycles. The van der Waals surface area contributed by atoms with Gasteiger partial charge in [0.2, 0.25) is 0 Å². The van der Waals surface area contributed by atoms with Gasteiger partial charge in [-0.1, -0.05) is 0 Å². The van der Waals surface area contributed by atoms with Crippen molar-refractivity contribution < 1.29 is 9.53 Å². The number of carbonyl (C=O) groups is 1. The van der Waals surface area contributed by atoms with Crippen LogP contribution in [-0.4, -0.2) is 11.7 Å². The van der Waals surface area contributed by atoms with Crippen molar-refractivity contribution in [2.45, 2.75) is 39.8 Å². The maximum absolute atomic E-state index is 11.7. The van der Waals surface area contributed by atoms with Crippen LogP contribution < -0.4 is 10.6 Å². The number of anilines is 2. The summed E-state index contributed by atoms with van der Waals surface area (Å²) in [6.07, 6.45) is -0.447. The van der Waals surface area contributed by atoms with Crippen LogP contribution in [0.5, 0.6) is 0 Å². The van der Waals surface area contributed by atoms with Crippen LogP contribution >= 0.6 is 27.3 Å². The van der Waals surface area contributed by atoms with Crippen molar-refractivity contribution >= 4 is 44.7 Å². The minimum absolute atomic E-state index is 0.447. The summed E-state index contributed by atoms with van der Waals surface area (Å²) in [7, 11) is 0. The molecule has 0 aliphatic carbocycles. The van der Waals surface area contributed by atoms with Gasteiger partial charge in [0.1, 0.15) is 5.60 Å². The summed E-state index contributed by atoms with van der Waals surface area (Å²) in [5.74, 6) is 0. The van der Waals surface area contributed by atoms with Gasteiger partial charge >= 0.3 is 6.09 Å². The monoisotopic (exact) mass is 396 g/mol. The van der Waals surface area contributed by atoms with Crippen LogP contribution in [0.1, 0.15) is 30.5 Å². The zero-order valence-electron chi connectivity index (χ0n) is 13.7. The van der Waals surface area contributed by atoms with E-state index in [1.807, 2.05) is 45.0 Å². The van der Waals surface area contributed by atoms with Gasteiger partial charge < -0.3 is 10.1 Å². The Morgan fingerprint density at radius 1 is 1.22 bits per heavy atom. The standard InChI is InChI=1S/C17H21BrN2O2S/c1-11-15(18)9-14(23-11)10-19-12-5-7-13(8-6-12)20-16(21)22-17(2,3)4/h5-9,19H,10H2,1-4H3,(H,20,21). The van der Waals surface area contributed by atoms with E-state index in [2.05, 4.69) is 39.6 Å². The van der Waals surface area contributed by atoms with E-state index in [0.29, 0.717) is 5.69 Å². The van der Waals surface area contributed by atoms with E-state index in [1.165, 1.54) is 9.75 Å². The van der Waals surface area contributed by atoms with Crippen molar-refractivity contribution in [3.63, 3.8) is 0 Å². The number of benzene rings is 1. The molecule has 23 heavy (non-hydrogen) atoms. The van der Waals surface area contributed by atoms with Crippen LogP contribution in [0.15, 0.2) is 34.8 Å². The van der Waals surface area contributed by atoms with Gasteiger partial charge in [0.05, 0.1) is 0 Å². The maximum atomic E-state index is 11.7. The van der Waals surface area contributed by atoms with E-state index in [4.69, 9.17) is 4.74 Å². The molecule has 0 aliphatic heterocycles. The van der Waals surface area contributed by atoms with Crippen LogP contribution in [0.25, 0.3) is 0 Å². The molecule has 6 heteroatoms. The fraction of sp³-hybridized carbons (Fsp3) is 0.353. The molecule has 0 atom stereocenters. The van der Waals surface area contributed by atoms with Gasteiger partial charge in [0.25, 0.3) is 0 Å². The van der Waals surface area contributed by atoms with E-state index in [1.54, 1.807) is 11.3 Å². The number of carbonyl (C=O) groups excluding carboxylic acids is 1. The molecule has 0 unspecified atom stereocenters. The Labute approximate surface area is 149 Å². The Morgan fingerprint density at radius 2 is 1.83 bits per heavy atom. The number of hydrogen-bond donors (Lipinski definition) is 2. The van der Waals surface area contributed by atoms with Crippen LogP contribution in [0.2, 0.25) is 0 Å². The van der Waals surface area contributed by atoms with Crippen LogP contribution in [0.4, 0.5) is 16.2 Å². The number of amides is 1. The summed E-state index contributed by atoms with van der Waals surface area (Å²) in [4.78, 5) is 14.3. The third-order valence-corrected chi connectivity index (χ3v) is 5.04. The third kappa shape index (κ3) is 5.88. The molecule has 0 spiro atoms. The number of nitrogens with one attached hydrogen (secondary N) is 2. The second-order valence-electron chi connectivity index (χ2n) is 6.17. The lowest BCUT2D eigenvalue weighted by molar-refractivity contribution is 0.0636. The van der Waals surface area contributed by atoms with Gasteiger partial charge in [-0.3, -0.25) is 5.32 Å². The Bertz CT molecular complexity index is 655. The fourth-order valence-electron chi connectivity index (χ4n) is 1.89. The van der Waals surface area contributed by atoms with Crippen molar-refractivity contribution in [2.24, 2.45) is 0 Å². The van der Waals surface area contributed by atoms with Gasteiger partial charge in [0, 0.05) is 32.1 Å². The van der Waals surface area contributed by atoms with E-state index < -0.39 is 11.7 Å². The molecule has 0 aliphatic rings. The van der Waals surface area contributed by atoms with Crippen molar-refractivity contribution in [2.75, 3.05) is 10.6 Å². The van der Waals surface area contributed by atoms with E-state index in [-0.39, 0.29) is 0 Å². The molecule has 1 heterocycles. The number of aryl methyl sites for hydroxylation is 1. The molecule has 0 bridgehead atoms. The van der Waals surface area contributed by atoms with Gasteiger partial charge in [-0.05, 0) is 74.0 Å². The zero-order chi connectivity index (χ0) is 17.0. The first-order chi connectivity index (χ1) is 10.7. The van der Waals surface area contributed by atoms with E-state index >= 15 is 0 Å². The summed E-state index contributed by atoms with van der Waals surface area (Å²) in [5.41, 5.74) is 1.21. The second-order valence-corrected chi connectivity index (χ2v) is 8.37. The molecule has 2 N–H and O–H groups in total. The smallest absolute Gasteiger partial charge is 0.412 e. The minimum atomic E-state index is -0.501.